The van der Waals surface area contributed by atoms with E-state index in [1.165, 1.54) is 0 Å². The number of fused-ring (bicyclic) bond motifs is 1. The van der Waals surface area contributed by atoms with Crippen molar-refractivity contribution in [2.75, 3.05) is 0 Å². The van der Waals surface area contributed by atoms with Gasteiger partial charge in [-0.25, -0.2) is 4.79 Å². The van der Waals surface area contributed by atoms with E-state index in [0.29, 0.717) is 18.5 Å². The zero-order valence-electron chi connectivity index (χ0n) is 13.4. The number of rotatable bonds is 5. The van der Waals surface area contributed by atoms with Gasteiger partial charge in [-0.15, -0.1) is 0 Å². The van der Waals surface area contributed by atoms with Gasteiger partial charge in [0.25, 0.3) is 0 Å². The van der Waals surface area contributed by atoms with E-state index in [1.54, 1.807) is 10.6 Å². The Morgan fingerprint density at radius 2 is 1.83 bits per heavy atom. The second-order valence-corrected chi connectivity index (χ2v) is 5.70. The molecule has 0 saturated heterocycles. The molecule has 1 heterocycles. The van der Waals surface area contributed by atoms with Gasteiger partial charge in [-0.2, -0.15) is 0 Å². The summed E-state index contributed by atoms with van der Waals surface area (Å²) in [5.41, 5.74) is 15.2. The molecule has 1 aromatic heterocycles. The Labute approximate surface area is 138 Å². The van der Waals surface area contributed by atoms with Crippen LogP contribution in [0, 0.1) is 0 Å². The molecule has 2 aromatic carbocycles. The first-order chi connectivity index (χ1) is 11.5. The van der Waals surface area contributed by atoms with E-state index in [9.17, 15) is 9.59 Å². The van der Waals surface area contributed by atoms with Crippen molar-refractivity contribution in [2.24, 2.45) is 11.5 Å². The van der Waals surface area contributed by atoms with E-state index >= 15 is 0 Å². The molecule has 4 N–H and O–H groups in total. The normalized spacial score (nSPS) is 12.4. The van der Waals surface area contributed by atoms with Crippen LogP contribution >= 0.6 is 0 Å². The van der Waals surface area contributed by atoms with Crippen LogP contribution in [0.25, 0.3) is 22.2 Å². The fraction of sp³-hybridized carbons (Fsp3) is 0.222. The van der Waals surface area contributed by atoms with Crippen molar-refractivity contribution < 1.29 is 9.21 Å². The van der Waals surface area contributed by atoms with Crippen molar-refractivity contribution in [1.29, 1.82) is 0 Å². The van der Waals surface area contributed by atoms with Gasteiger partial charge in [0, 0.05) is 6.54 Å². The molecule has 124 valence electrons. The molecule has 0 bridgehead atoms. The second kappa shape index (κ2) is 6.33. The predicted molar refractivity (Wildman–Crippen MR) is 92.5 cm³/mol. The van der Waals surface area contributed by atoms with E-state index in [4.69, 9.17) is 15.9 Å². The van der Waals surface area contributed by atoms with Gasteiger partial charge < -0.3 is 15.9 Å². The molecule has 6 heteroatoms. The molecule has 1 amide bonds. The van der Waals surface area contributed by atoms with Gasteiger partial charge in [0.2, 0.25) is 5.91 Å². The summed E-state index contributed by atoms with van der Waals surface area (Å²) < 4.78 is 6.81. The topological polar surface area (TPSA) is 104 Å². The lowest BCUT2D eigenvalue weighted by atomic mass is 10.0. The van der Waals surface area contributed by atoms with Crippen molar-refractivity contribution in [3.63, 3.8) is 0 Å². The number of aryl methyl sites for hydroxylation is 1. The van der Waals surface area contributed by atoms with E-state index in [-0.39, 0.29) is 5.76 Å². The molecule has 0 radical (unpaired) electrons. The summed E-state index contributed by atoms with van der Waals surface area (Å²) in [4.78, 5) is 22.8. The van der Waals surface area contributed by atoms with Crippen LogP contribution in [0.3, 0.4) is 0 Å². The SMILES string of the molecule is CCn1c(=O)oc2ccc(-c3ccc(C[C@H](N)C(N)=O)cc3)cc21. The molecule has 0 saturated carbocycles. The molecule has 6 nitrogen and oxygen atoms in total. The minimum absolute atomic E-state index is 0.347. The third kappa shape index (κ3) is 2.96. The number of nitrogens with zero attached hydrogens (tertiary/aromatic N) is 1. The van der Waals surface area contributed by atoms with Crippen molar-refractivity contribution in [2.45, 2.75) is 25.9 Å². The molecular weight excluding hydrogens is 306 g/mol. The van der Waals surface area contributed by atoms with Gasteiger partial charge in [0.15, 0.2) is 5.58 Å². The highest BCUT2D eigenvalue weighted by molar-refractivity contribution is 5.81. The Balaban J connectivity index is 1.93. The average Bonchev–Trinajstić information content (AvgIpc) is 2.89. The number of amides is 1. The van der Waals surface area contributed by atoms with Crippen LogP contribution in [-0.2, 0) is 17.8 Å². The predicted octanol–water partition coefficient (Wildman–Crippen LogP) is 1.64. The fourth-order valence-electron chi connectivity index (χ4n) is 2.73. The maximum atomic E-state index is 11.8. The number of benzene rings is 2. The quantitative estimate of drug-likeness (QED) is 0.744. The lowest BCUT2D eigenvalue weighted by Gasteiger charge is -2.08. The van der Waals surface area contributed by atoms with Gasteiger partial charge in [-0.1, -0.05) is 30.3 Å². The number of carbonyl (C=O) groups excluding carboxylic acids is 1. The smallest absolute Gasteiger partial charge is 0.408 e. The summed E-state index contributed by atoms with van der Waals surface area (Å²) in [6.45, 7) is 2.46. The Kier molecular flexibility index (Phi) is 4.22. The highest BCUT2D eigenvalue weighted by Gasteiger charge is 2.11. The summed E-state index contributed by atoms with van der Waals surface area (Å²) in [5, 5.41) is 0. The maximum Gasteiger partial charge on any atom is 0.419 e. The molecule has 0 aliphatic carbocycles. The number of carbonyl (C=O) groups is 1. The minimum Gasteiger partial charge on any atom is -0.408 e. The first-order valence-corrected chi connectivity index (χ1v) is 7.77. The standard InChI is InChI=1S/C18H19N3O3/c1-2-21-15-10-13(7-8-16(15)24-18(21)23)12-5-3-11(4-6-12)9-14(19)17(20)22/h3-8,10,14H,2,9,19H2,1H3,(H2,20,22)/t14-/m0/s1. The van der Waals surface area contributed by atoms with Crippen molar-refractivity contribution in [3.05, 3.63) is 58.6 Å². The number of hydrogen-bond acceptors (Lipinski definition) is 4. The Morgan fingerprint density at radius 1 is 1.17 bits per heavy atom. The van der Waals surface area contributed by atoms with E-state index in [2.05, 4.69) is 0 Å². The first-order valence-electron chi connectivity index (χ1n) is 7.77. The molecule has 3 aromatic rings. The monoisotopic (exact) mass is 325 g/mol. The molecule has 0 aliphatic heterocycles. The Hall–Kier alpha value is -2.86. The van der Waals surface area contributed by atoms with Crippen molar-refractivity contribution >= 4 is 17.0 Å². The molecule has 0 unspecified atom stereocenters. The maximum absolute atomic E-state index is 11.8. The number of nitrogens with two attached hydrogens (primary N) is 2. The largest absolute Gasteiger partial charge is 0.419 e. The summed E-state index contributed by atoms with van der Waals surface area (Å²) in [7, 11) is 0. The van der Waals surface area contributed by atoms with Gasteiger partial charge in [-0.3, -0.25) is 9.36 Å². The van der Waals surface area contributed by atoms with E-state index in [0.717, 1.165) is 22.2 Å². The van der Waals surface area contributed by atoms with Crippen LogP contribution in [0.5, 0.6) is 0 Å². The fourth-order valence-corrected chi connectivity index (χ4v) is 2.73. The second-order valence-electron chi connectivity index (χ2n) is 5.70. The van der Waals surface area contributed by atoms with Crippen LogP contribution in [0.4, 0.5) is 0 Å². The van der Waals surface area contributed by atoms with Gasteiger partial charge in [0.05, 0.1) is 11.6 Å². The van der Waals surface area contributed by atoms with Gasteiger partial charge in [-0.05, 0) is 42.2 Å². The molecule has 3 rings (SSSR count). The average molecular weight is 325 g/mol. The van der Waals surface area contributed by atoms with E-state index < -0.39 is 11.9 Å². The molecular formula is C18H19N3O3. The number of aromatic nitrogens is 1. The third-order valence-electron chi connectivity index (χ3n) is 4.09. The summed E-state index contributed by atoms with van der Waals surface area (Å²) >= 11 is 0. The van der Waals surface area contributed by atoms with Crippen LogP contribution in [0.15, 0.2) is 51.7 Å². The molecule has 0 aliphatic rings. The Morgan fingerprint density at radius 3 is 2.46 bits per heavy atom. The molecule has 0 spiro atoms. The van der Waals surface area contributed by atoms with Crippen molar-refractivity contribution in [3.8, 4) is 11.1 Å². The van der Waals surface area contributed by atoms with Gasteiger partial charge in [0.1, 0.15) is 0 Å². The Bertz CT molecular complexity index is 938. The number of primary amides is 1. The highest BCUT2D eigenvalue weighted by atomic mass is 16.4. The summed E-state index contributed by atoms with van der Waals surface area (Å²) in [6.07, 6.45) is 0.408. The number of oxazole rings is 1. The third-order valence-corrected chi connectivity index (χ3v) is 4.09. The van der Waals surface area contributed by atoms with Crippen LogP contribution < -0.4 is 17.2 Å². The van der Waals surface area contributed by atoms with E-state index in [1.807, 2.05) is 43.3 Å². The van der Waals surface area contributed by atoms with Gasteiger partial charge >= 0.3 is 5.76 Å². The zero-order chi connectivity index (χ0) is 17.3. The first kappa shape index (κ1) is 16.0. The molecule has 24 heavy (non-hydrogen) atoms. The van der Waals surface area contributed by atoms with Crippen LogP contribution in [0.2, 0.25) is 0 Å². The lowest BCUT2D eigenvalue weighted by molar-refractivity contribution is -0.119. The zero-order valence-corrected chi connectivity index (χ0v) is 13.4. The van der Waals surface area contributed by atoms with Crippen LogP contribution in [0.1, 0.15) is 12.5 Å². The minimum atomic E-state index is -0.683. The summed E-state index contributed by atoms with van der Waals surface area (Å²) in [5.74, 6) is -0.859. The number of hydrogen-bond donors (Lipinski definition) is 2. The highest BCUT2D eigenvalue weighted by Crippen LogP contribution is 2.24. The summed E-state index contributed by atoms with van der Waals surface area (Å²) in [6, 6.07) is 12.7. The molecule has 1 atom stereocenters. The molecule has 0 fully saturated rings. The lowest BCUT2D eigenvalue weighted by Crippen LogP contribution is -2.38. The van der Waals surface area contributed by atoms with Crippen molar-refractivity contribution in [1.82, 2.24) is 4.57 Å². The van der Waals surface area contributed by atoms with Crippen LogP contribution in [-0.4, -0.2) is 16.5 Å².